The predicted octanol–water partition coefficient (Wildman–Crippen LogP) is 5.39. The SMILES string of the molecule is C=C(/C(OCC(F)(F)F)=C(CC)/N=C(/C1CCN(C)C1)N(C)CC)c1c(C)ccc2[nH]ncc12. The smallest absolute Gasteiger partial charge is 0.422 e. The van der Waals surface area contributed by atoms with Gasteiger partial charge in [-0.25, -0.2) is 4.99 Å². The number of allylic oxidation sites excluding steroid dienone is 2. The Hall–Kier alpha value is -2.81. The van der Waals surface area contributed by atoms with Gasteiger partial charge in [0.2, 0.25) is 0 Å². The van der Waals surface area contributed by atoms with E-state index in [9.17, 15) is 13.2 Å². The van der Waals surface area contributed by atoms with Gasteiger partial charge < -0.3 is 14.5 Å². The highest BCUT2D eigenvalue weighted by atomic mass is 19.4. The molecule has 1 unspecified atom stereocenters. The molecule has 0 spiro atoms. The predicted molar refractivity (Wildman–Crippen MR) is 131 cm³/mol. The second kappa shape index (κ2) is 10.6. The molecule has 186 valence electrons. The van der Waals surface area contributed by atoms with E-state index in [2.05, 4.69) is 33.6 Å². The molecule has 1 aliphatic rings. The summed E-state index contributed by atoms with van der Waals surface area (Å²) >= 11 is 0. The number of nitrogens with one attached hydrogen (secondary N) is 1. The summed E-state index contributed by atoms with van der Waals surface area (Å²) in [6.45, 7) is 11.1. The van der Waals surface area contributed by atoms with Crippen LogP contribution in [0, 0.1) is 12.8 Å². The molecule has 0 bridgehead atoms. The van der Waals surface area contributed by atoms with Crippen LogP contribution in [0.5, 0.6) is 0 Å². The number of rotatable bonds is 8. The highest BCUT2D eigenvalue weighted by Crippen LogP contribution is 2.35. The van der Waals surface area contributed by atoms with E-state index >= 15 is 0 Å². The lowest BCUT2D eigenvalue weighted by Crippen LogP contribution is -2.34. The van der Waals surface area contributed by atoms with Crippen LogP contribution in [0.2, 0.25) is 0 Å². The van der Waals surface area contributed by atoms with E-state index in [0.717, 1.165) is 48.4 Å². The number of amidine groups is 1. The summed E-state index contributed by atoms with van der Waals surface area (Å²) in [7, 11) is 4.03. The number of alkyl halides is 3. The van der Waals surface area contributed by atoms with Crippen LogP contribution in [0.25, 0.3) is 16.5 Å². The summed E-state index contributed by atoms with van der Waals surface area (Å²) in [6.07, 6.45) is -1.48. The highest BCUT2D eigenvalue weighted by molar-refractivity contribution is 5.96. The minimum Gasteiger partial charge on any atom is -0.482 e. The van der Waals surface area contributed by atoms with Crippen LogP contribution in [0.1, 0.15) is 37.8 Å². The molecule has 1 atom stereocenters. The molecule has 1 aromatic carbocycles. The molecule has 0 aliphatic carbocycles. The third-order valence-corrected chi connectivity index (χ3v) is 6.26. The monoisotopic (exact) mass is 477 g/mol. The zero-order valence-electron chi connectivity index (χ0n) is 20.6. The lowest BCUT2D eigenvalue weighted by atomic mass is 9.95. The number of aromatic amines is 1. The van der Waals surface area contributed by atoms with Crippen LogP contribution in [-0.4, -0.2) is 72.3 Å². The number of aromatic nitrogens is 2. The van der Waals surface area contributed by atoms with Crippen LogP contribution in [-0.2, 0) is 4.74 Å². The zero-order chi connectivity index (χ0) is 25.0. The largest absolute Gasteiger partial charge is 0.482 e. The number of H-pyrrole nitrogens is 1. The number of nitrogens with zero attached hydrogens (tertiary/aromatic N) is 4. The van der Waals surface area contributed by atoms with Crippen LogP contribution in [0.15, 0.2) is 41.4 Å². The second-order valence-corrected chi connectivity index (χ2v) is 8.83. The van der Waals surface area contributed by atoms with Gasteiger partial charge >= 0.3 is 6.18 Å². The molecule has 2 heterocycles. The van der Waals surface area contributed by atoms with E-state index in [1.54, 1.807) is 6.20 Å². The maximum Gasteiger partial charge on any atom is 0.422 e. The quantitative estimate of drug-likeness (QED) is 0.240. The molecule has 1 fully saturated rings. The Bertz CT molecular complexity index is 1090. The first-order valence-electron chi connectivity index (χ1n) is 11.6. The van der Waals surface area contributed by atoms with Gasteiger partial charge in [-0.2, -0.15) is 18.3 Å². The van der Waals surface area contributed by atoms with Gasteiger partial charge in [0.1, 0.15) is 11.6 Å². The molecule has 9 heteroatoms. The second-order valence-electron chi connectivity index (χ2n) is 8.83. The van der Waals surface area contributed by atoms with Crippen molar-refractivity contribution in [2.75, 3.05) is 40.3 Å². The van der Waals surface area contributed by atoms with Crippen LogP contribution >= 0.6 is 0 Å². The van der Waals surface area contributed by atoms with Crippen molar-refractivity contribution < 1.29 is 17.9 Å². The molecule has 1 aromatic heterocycles. The van der Waals surface area contributed by atoms with Gasteiger partial charge in [-0.1, -0.05) is 19.6 Å². The van der Waals surface area contributed by atoms with Crippen molar-refractivity contribution >= 4 is 22.3 Å². The fraction of sp³-hybridized carbons (Fsp3) is 0.520. The van der Waals surface area contributed by atoms with E-state index in [1.807, 2.05) is 40.0 Å². The van der Waals surface area contributed by atoms with E-state index in [1.165, 1.54) is 0 Å². The Labute approximate surface area is 199 Å². The van der Waals surface area contributed by atoms with Crippen molar-refractivity contribution in [2.24, 2.45) is 10.9 Å². The molecule has 3 rings (SSSR count). The van der Waals surface area contributed by atoms with Gasteiger partial charge in [0.15, 0.2) is 6.61 Å². The lowest BCUT2D eigenvalue weighted by molar-refractivity contribution is -0.163. The summed E-state index contributed by atoms with van der Waals surface area (Å²) in [5, 5.41) is 7.78. The van der Waals surface area contributed by atoms with Crippen molar-refractivity contribution in [3.05, 3.63) is 47.5 Å². The van der Waals surface area contributed by atoms with E-state index in [4.69, 9.17) is 9.73 Å². The molecule has 1 N–H and O–H groups in total. The Kier molecular flexibility index (Phi) is 8.07. The van der Waals surface area contributed by atoms with Crippen molar-refractivity contribution in [1.29, 1.82) is 0 Å². The Morgan fingerprint density at radius 2 is 2.09 bits per heavy atom. The van der Waals surface area contributed by atoms with Gasteiger partial charge in [0.05, 0.1) is 17.4 Å². The number of ether oxygens (including phenoxy) is 1. The number of aliphatic imine (C=N–C) groups is 1. The Morgan fingerprint density at radius 3 is 2.68 bits per heavy atom. The fourth-order valence-electron chi connectivity index (χ4n) is 4.36. The first-order valence-corrected chi connectivity index (χ1v) is 11.6. The molecule has 0 saturated carbocycles. The van der Waals surface area contributed by atoms with Crippen molar-refractivity contribution in [2.45, 2.75) is 39.8 Å². The molecule has 6 nitrogen and oxygen atoms in total. The maximum atomic E-state index is 13.2. The van der Waals surface area contributed by atoms with Gasteiger partial charge in [-0.05, 0) is 57.5 Å². The molecular weight excluding hydrogens is 443 g/mol. The number of fused-ring (bicyclic) bond motifs is 1. The first-order chi connectivity index (χ1) is 16.1. The van der Waals surface area contributed by atoms with Crippen LogP contribution < -0.4 is 0 Å². The highest BCUT2D eigenvalue weighted by Gasteiger charge is 2.31. The van der Waals surface area contributed by atoms with E-state index in [0.29, 0.717) is 23.3 Å². The molecule has 2 aromatic rings. The van der Waals surface area contributed by atoms with Gasteiger partial charge in [0, 0.05) is 37.0 Å². The normalized spacial score (nSPS) is 18.4. The summed E-state index contributed by atoms with van der Waals surface area (Å²) in [4.78, 5) is 9.24. The first kappa shape index (κ1) is 25.8. The number of hydrogen-bond acceptors (Lipinski definition) is 4. The van der Waals surface area contributed by atoms with Crippen LogP contribution in [0.3, 0.4) is 0 Å². The minimum atomic E-state index is -4.48. The number of halogens is 3. The van der Waals surface area contributed by atoms with E-state index < -0.39 is 12.8 Å². The molecular formula is C25H34F3N5O. The molecule has 0 amide bonds. The minimum absolute atomic E-state index is 0.0741. The topological polar surface area (TPSA) is 56.8 Å². The molecule has 0 radical (unpaired) electrons. The van der Waals surface area contributed by atoms with Crippen molar-refractivity contribution in [1.82, 2.24) is 20.0 Å². The number of aryl methyl sites for hydroxylation is 1. The average Bonchev–Trinajstić information content (AvgIpc) is 3.43. The molecule has 1 aliphatic heterocycles. The Balaban J connectivity index is 2.16. The van der Waals surface area contributed by atoms with Gasteiger partial charge in [-0.3, -0.25) is 5.10 Å². The summed E-state index contributed by atoms with van der Waals surface area (Å²) in [6, 6.07) is 3.78. The lowest BCUT2D eigenvalue weighted by Gasteiger charge is -2.26. The fourth-order valence-corrected chi connectivity index (χ4v) is 4.36. The van der Waals surface area contributed by atoms with Gasteiger partial charge in [-0.15, -0.1) is 0 Å². The van der Waals surface area contributed by atoms with Crippen molar-refractivity contribution in [3.63, 3.8) is 0 Å². The summed E-state index contributed by atoms with van der Waals surface area (Å²) in [5.41, 5.74) is 3.18. The third kappa shape index (κ3) is 5.81. The summed E-state index contributed by atoms with van der Waals surface area (Å²) in [5.74, 6) is 1.14. The van der Waals surface area contributed by atoms with Crippen LogP contribution in [0.4, 0.5) is 13.2 Å². The zero-order valence-corrected chi connectivity index (χ0v) is 20.6. The maximum absolute atomic E-state index is 13.2. The standard InChI is InChI=1S/C25H34F3N5O/c1-7-20(30-24(33(6)8-2)18-11-12-32(5)14-18)23(34-15-25(26,27)28)17(4)22-16(3)9-10-21-19(22)13-29-31-21/h9-10,13,18H,4,7-8,11-12,14-15H2,1-3,5-6H3,(H,29,31)/b23-20-,30-24-. The summed E-state index contributed by atoms with van der Waals surface area (Å²) < 4.78 is 45.1. The number of benzene rings is 1. The molecule has 34 heavy (non-hydrogen) atoms. The third-order valence-electron chi connectivity index (χ3n) is 6.26. The number of hydrogen-bond donors (Lipinski definition) is 1. The number of likely N-dealkylation sites (tertiary alicyclic amines) is 1. The molecule has 1 saturated heterocycles. The van der Waals surface area contributed by atoms with Crippen molar-refractivity contribution in [3.8, 4) is 0 Å². The van der Waals surface area contributed by atoms with E-state index in [-0.39, 0.29) is 11.7 Å². The van der Waals surface area contributed by atoms with Gasteiger partial charge in [0.25, 0.3) is 0 Å². The Morgan fingerprint density at radius 1 is 1.35 bits per heavy atom. The average molecular weight is 478 g/mol.